The number of aromatic nitrogens is 1. The van der Waals surface area contributed by atoms with Crippen LogP contribution in [-0.2, 0) is 31.9 Å². The molecule has 0 aliphatic heterocycles. The van der Waals surface area contributed by atoms with Crippen LogP contribution in [0.4, 0.5) is 0 Å². The molecule has 0 bridgehead atoms. The largest absolute Gasteiger partial charge is 0.465 e. The van der Waals surface area contributed by atoms with E-state index < -0.39 is 17.4 Å². The van der Waals surface area contributed by atoms with Crippen LogP contribution in [0.1, 0.15) is 30.7 Å². The summed E-state index contributed by atoms with van der Waals surface area (Å²) in [5.74, 6) is -0.610. The summed E-state index contributed by atoms with van der Waals surface area (Å²) >= 11 is 0. The molecule has 25 heavy (non-hydrogen) atoms. The van der Waals surface area contributed by atoms with E-state index in [1.807, 2.05) is 31.2 Å². The fourth-order valence-electron chi connectivity index (χ4n) is 3.15. The van der Waals surface area contributed by atoms with Gasteiger partial charge in [-0.1, -0.05) is 35.0 Å². The fraction of sp³-hybridized carbons (Fsp3) is 0.421. The number of carbonyl (C=O) groups is 2. The summed E-state index contributed by atoms with van der Waals surface area (Å²) in [6.07, 6.45) is 0.283. The molecule has 6 heteroatoms. The molecule has 0 amide bonds. The highest BCUT2D eigenvalue weighted by Crippen LogP contribution is 2.43. The summed E-state index contributed by atoms with van der Waals surface area (Å²) in [6, 6.07) is 7.86. The summed E-state index contributed by atoms with van der Waals surface area (Å²) in [4.78, 5) is 25.1. The van der Waals surface area contributed by atoms with E-state index in [-0.39, 0.29) is 26.1 Å². The van der Waals surface area contributed by atoms with Crippen molar-refractivity contribution in [2.75, 3.05) is 13.2 Å². The highest BCUT2D eigenvalue weighted by atomic mass is 16.6. The molecule has 0 spiro atoms. The first kappa shape index (κ1) is 17.2. The molecular formula is C19H21NO5. The van der Waals surface area contributed by atoms with Crippen LogP contribution in [0, 0.1) is 12.3 Å². The number of nitrogens with zero attached hydrogens (tertiary/aromatic N) is 1. The number of esters is 2. The summed E-state index contributed by atoms with van der Waals surface area (Å²) in [5.41, 5.74) is 2.06. The SMILES string of the molecule is CCOC(=O)C1(C(=O)OCC)Cc2onc(-c3ccc(C)cc3)c2C1. The monoisotopic (exact) mass is 343 g/mol. The Morgan fingerprint density at radius 2 is 1.68 bits per heavy atom. The Hall–Kier alpha value is -2.63. The third-order valence-electron chi connectivity index (χ3n) is 4.47. The zero-order chi connectivity index (χ0) is 18.0. The fourth-order valence-corrected chi connectivity index (χ4v) is 3.15. The molecular weight excluding hydrogens is 322 g/mol. The van der Waals surface area contributed by atoms with Crippen LogP contribution in [0.3, 0.4) is 0 Å². The molecule has 1 aliphatic carbocycles. The van der Waals surface area contributed by atoms with Gasteiger partial charge in [-0.2, -0.15) is 0 Å². The van der Waals surface area contributed by atoms with Gasteiger partial charge in [-0.3, -0.25) is 9.59 Å². The smallest absolute Gasteiger partial charge is 0.324 e. The highest BCUT2D eigenvalue weighted by Gasteiger charge is 2.55. The average Bonchev–Trinajstić information content (AvgIpc) is 3.15. The number of ether oxygens (including phenoxy) is 2. The minimum atomic E-state index is -1.39. The van der Waals surface area contributed by atoms with Crippen molar-refractivity contribution in [3.8, 4) is 11.3 Å². The molecule has 0 radical (unpaired) electrons. The van der Waals surface area contributed by atoms with Gasteiger partial charge in [-0.15, -0.1) is 0 Å². The third-order valence-corrected chi connectivity index (χ3v) is 4.47. The van der Waals surface area contributed by atoms with Gasteiger partial charge in [0, 0.05) is 24.0 Å². The molecule has 6 nitrogen and oxygen atoms in total. The number of benzene rings is 1. The van der Waals surface area contributed by atoms with Gasteiger partial charge in [0.2, 0.25) is 0 Å². The number of aryl methyl sites for hydroxylation is 1. The van der Waals surface area contributed by atoms with Crippen LogP contribution < -0.4 is 0 Å². The molecule has 1 aromatic carbocycles. The lowest BCUT2D eigenvalue weighted by molar-refractivity contribution is -0.171. The molecule has 132 valence electrons. The summed E-state index contributed by atoms with van der Waals surface area (Å²) in [6.45, 7) is 5.82. The Morgan fingerprint density at radius 3 is 2.24 bits per heavy atom. The molecule has 0 fully saturated rings. The van der Waals surface area contributed by atoms with E-state index in [0.29, 0.717) is 11.5 Å². The lowest BCUT2D eigenvalue weighted by Gasteiger charge is -2.23. The molecule has 0 atom stereocenters. The second-order valence-electron chi connectivity index (χ2n) is 6.18. The predicted molar refractivity (Wildman–Crippen MR) is 89.8 cm³/mol. The normalized spacial score (nSPS) is 14.8. The second-order valence-corrected chi connectivity index (χ2v) is 6.18. The van der Waals surface area contributed by atoms with Crippen LogP contribution >= 0.6 is 0 Å². The molecule has 0 N–H and O–H groups in total. The first-order valence-corrected chi connectivity index (χ1v) is 8.40. The van der Waals surface area contributed by atoms with Crippen LogP contribution in [-0.4, -0.2) is 30.3 Å². The lowest BCUT2D eigenvalue weighted by Crippen LogP contribution is -2.43. The first-order valence-electron chi connectivity index (χ1n) is 8.40. The van der Waals surface area contributed by atoms with Gasteiger partial charge < -0.3 is 14.0 Å². The molecule has 3 rings (SSSR count). The predicted octanol–water partition coefficient (Wildman–Crippen LogP) is 2.86. The molecule has 2 aromatic rings. The molecule has 0 unspecified atom stereocenters. The average molecular weight is 343 g/mol. The second kappa shape index (κ2) is 6.70. The Labute approximate surface area is 146 Å². The summed E-state index contributed by atoms with van der Waals surface area (Å²) < 4.78 is 15.8. The van der Waals surface area contributed by atoms with E-state index in [0.717, 1.165) is 16.7 Å². The number of rotatable bonds is 5. The van der Waals surface area contributed by atoms with Gasteiger partial charge >= 0.3 is 11.9 Å². The van der Waals surface area contributed by atoms with E-state index in [4.69, 9.17) is 14.0 Å². The Bertz CT molecular complexity index is 773. The van der Waals surface area contributed by atoms with Gasteiger partial charge in [0.15, 0.2) is 5.41 Å². The van der Waals surface area contributed by atoms with E-state index in [1.165, 1.54) is 0 Å². The molecule has 0 saturated carbocycles. The van der Waals surface area contributed by atoms with Crippen LogP contribution in [0.2, 0.25) is 0 Å². The van der Waals surface area contributed by atoms with Crippen molar-refractivity contribution in [3.05, 3.63) is 41.2 Å². The zero-order valence-corrected chi connectivity index (χ0v) is 14.6. The maximum absolute atomic E-state index is 12.6. The maximum atomic E-state index is 12.6. The van der Waals surface area contributed by atoms with Crippen molar-refractivity contribution in [2.24, 2.45) is 5.41 Å². The Morgan fingerprint density at radius 1 is 1.08 bits per heavy atom. The number of carbonyl (C=O) groups excluding carboxylic acids is 2. The van der Waals surface area contributed by atoms with E-state index in [1.54, 1.807) is 13.8 Å². The third kappa shape index (κ3) is 2.92. The Kier molecular flexibility index (Phi) is 4.61. The van der Waals surface area contributed by atoms with Crippen molar-refractivity contribution < 1.29 is 23.6 Å². The number of hydrogen-bond acceptors (Lipinski definition) is 6. The summed E-state index contributed by atoms with van der Waals surface area (Å²) in [5, 5.41) is 4.13. The van der Waals surface area contributed by atoms with Gasteiger partial charge in [-0.05, 0) is 20.8 Å². The van der Waals surface area contributed by atoms with Crippen LogP contribution in [0.25, 0.3) is 11.3 Å². The minimum Gasteiger partial charge on any atom is -0.465 e. The van der Waals surface area contributed by atoms with Crippen molar-refractivity contribution in [1.82, 2.24) is 5.16 Å². The molecule has 1 aliphatic rings. The number of hydrogen-bond donors (Lipinski definition) is 0. The van der Waals surface area contributed by atoms with Crippen molar-refractivity contribution in [1.29, 1.82) is 0 Å². The first-order chi connectivity index (χ1) is 12.0. The van der Waals surface area contributed by atoms with Gasteiger partial charge in [0.25, 0.3) is 0 Å². The number of fused-ring (bicyclic) bond motifs is 1. The van der Waals surface area contributed by atoms with E-state index in [2.05, 4.69) is 5.16 Å². The van der Waals surface area contributed by atoms with Crippen LogP contribution in [0.15, 0.2) is 28.8 Å². The topological polar surface area (TPSA) is 78.6 Å². The minimum absolute atomic E-state index is 0.110. The molecule has 1 aromatic heterocycles. The maximum Gasteiger partial charge on any atom is 0.324 e. The lowest BCUT2D eigenvalue weighted by atomic mass is 9.84. The quantitative estimate of drug-likeness (QED) is 0.613. The summed E-state index contributed by atoms with van der Waals surface area (Å²) in [7, 11) is 0. The Balaban J connectivity index is 1.98. The van der Waals surface area contributed by atoms with Gasteiger partial charge in [0.05, 0.1) is 13.2 Å². The van der Waals surface area contributed by atoms with Crippen molar-refractivity contribution >= 4 is 11.9 Å². The molecule has 0 saturated heterocycles. The van der Waals surface area contributed by atoms with Gasteiger partial charge in [0.1, 0.15) is 11.5 Å². The zero-order valence-electron chi connectivity index (χ0n) is 14.6. The van der Waals surface area contributed by atoms with E-state index >= 15 is 0 Å². The molecule has 1 heterocycles. The van der Waals surface area contributed by atoms with Crippen molar-refractivity contribution in [2.45, 2.75) is 33.6 Å². The van der Waals surface area contributed by atoms with Crippen LogP contribution in [0.5, 0.6) is 0 Å². The van der Waals surface area contributed by atoms with E-state index in [9.17, 15) is 9.59 Å². The van der Waals surface area contributed by atoms with Gasteiger partial charge in [-0.25, -0.2) is 0 Å². The highest BCUT2D eigenvalue weighted by molar-refractivity contribution is 6.01. The standard InChI is InChI=1S/C19H21NO5/c1-4-23-17(21)19(18(22)24-5-2)10-14-15(11-19)25-20-16(14)13-8-6-12(3)7-9-13/h6-9H,4-5,10-11H2,1-3H3. The van der Waals surface area contributed by atoms with Crippen molar-refractivity contribution in [3.63, 3.8) is 0 Å².